The summed E-state index contributed by atoms with van der Waals surface area (Å²) in [5.41, 5.74) is 11.1. The Balaban J connectivity index is 1.41. The zero-order chi connectivity index (χ0) is 22.4. The number of hydrogen-bond acceptors (Lipinski definition) is 7. The smallest absolute Gasteiger partial charge is 0.269 e. The summed E-state index contributed by atoms with van der Waals surface area (Å²) in [6.07, 6.45) is 3.25. The van der Waals surface area contributed by atoms with Gasteiger partial charge in [-0.25, -0.2) is 9.97 Å². The third-order valence-corrected chi connectivity index (χ3v) is 6.46. The molecule has 5 rings (SSSR count). The molecule has 0 bridgehead atoms. The van der Waals surface area contributed by atoms with E-state index >= 15 is 0 Å². The number of likely N-dealkylation sites (N-methyl/N-ethyl adjacent to an activating group) is 1. The standard InChI is InChI=1S/C22H25ClN8O/c1-29-7-9-31(10-8-29)17-6-4-14(11-16(17)23)26-22-25-12-13-3-5-15-19(21(24)32)28-30(2)20(15)18(13)27-22/h4,6,11-12H,3,5,7-10H2,1-2H3,(H2,24,32)(H,25,26,27). The number of halogens is 1. The van der Waals surface area contributed by atoms with Gasteiger partial charge in [-0.3, -0.25) is 9.48 Å². The van der Waals surface area contributed by atoms with Crippen LogP contribution in [0, 0.1) is 0 Å². The average molecular weight is 453 g/mol. The first-order valence-electron chi connectivity index (χ1n) is 10.6. The summed E-state index contributed by atoms with van der Waals surface area (Å²) in [6.45, 7) is 3.95. The highest BCUT2D eigenvalue weighted by Gasteiger charge is 2.28. The van der Waals surface area contributed by atoms with E-state index in [4.69, 9.17) is 22.3 Å². The van der Waals surface area contributed by atoms with Crippen molar-refractivity contribution in [3.05, 3.63) is 46.2 Å². The van der Waals surface area contributed by atoms with E-state index in [1.807, 2.05) is 24.4 Å². The molecule has 2 aliphatic rings. The molecule has 3 N–H and O–H groups in total. The molecule has 0 radical (unpaired) electrons. The van der Waals surface area contributed by atoms with Crippen LogP contribution in [0.25, 0.3) is 11.4 Å². The molecule has 9 nitrogen and oxygen atoms in total. The van der Waals surface area contributed by atoms with Crippen LogP contribution < -0.4 is 16.0 Å². The Morgan fingerprint density at radius 2 is 1.94 bits per heavy atom. The van der Waals surface area contributed by atoms with Crippen molar-refractivity contribution in [1.82, 2.24) is 24.6 Å². The fraction of sp³-hybridized carbons (Fsp3) is 0.364. The van der Waals surface area contributed by atoms with Crippen molar-refractivity contribution in [2.24, 2.45) is 12.8 Å². The zero-order valence-corrected chi connectivity index (χ0v) is 18.9. The van der Waals surface area contributed by atoms with Gasteiger partial charge in [0.25, 0.3) is 5.91 Å². The average Bonchev–Trinajstić information content (AvgIpc) is 3.12. The Bertz CT molecular complexity index is 1200. The second-order valence-corrected chi connectivity index (χ2v) is 8.72. The van der Waals surface area contributed by atoms with Crippen LogP contribution in [0.15, 0.2) is 24.4 Å². The van der Waals surface area contributed by atoms with Gasteiger partial charge in [0.15, 0.2) is 5.69 Å². The molecule has 3 heterocycles. The summed E-state index contributed by atoms with van der Waals surface area (Å²) < 4.78 is 1.67. The molecule has 1 aliphatic heterocycles. The molecule has 32 heavy (non-hydrogen) atoms. The number of anilines is 3. The van der Waals surface area contributed by atoms with Gasteiger partial charge in [0, 0.05) is 50.7 Å². The van der Waals surface area contributed by atoms with E-state index in [9.17, 15) is 4.79 Å². The molecular weight excluding hydrogens is 428 g/mol. The van der Waals surface area contributed by atoms with Crippen LogP contribution in [-0.2, 0) is 19.9 Å². The molecule has 0 atom stereocenters. The van der Waals surface area contributed by atoms with Crippen molar-refractivity contribution in [3.63, 3.8) is 0 Å². The largest absolute Gasteiger partial charge is 0.368 e. The number of carbonyl (C=O) groups is 1. The Morgan fingerprint density at radius 1 is 1.16 bits per heavy atom. The van der Waals surface area contributed by atoms with Gasteiger partial charge in [0.2, 0.25) is 5.95 Å². The Morgan fingerprint density at radius 3 is 2.66 bits per heavy atom. The van der Waals surface area contributed by atoms with Crippen LogP contribution in [0.2, 0.25) is 5.02 Å². The van der Waals surface area contributed by atoms with Crippen LogP contribution in [-0.4, -0.2) is 63.8 Å². The molecule has 2 aromatic heterocycles. The van der Waals surface area contributed by atoms with E-state index < -0.39 is 5.91 Å². The molecular formula is C22H25ClN8O. The number of rotatable bonds is 4. The van der Waals surface area contributed by atoms with Gasteiger partial charge < -0.3 is 20.9 Å². The quantitative estimate of drug-likeness (QED) is 0.625. The Kier molecular flexibility index (Phi) is 5.22. The first-order valence-corrected chi connectivity index (χ1v) is 11.0. The van der Waals surface area contributed by atoms with E-state index in [1.54, 1.807) is 11.7 Å². The summed E-state index contributed by atoms with van der Waals surface area (Å²) in [5, 5.41) is 8.26. The maximum Gasteiger partial charge on any atom is 0.269 e. The van der Waals surface area contributed by atoms with Crippen LogP contribution in [0.1, 0.15) is 21.6 Å². The number of fused-ring (bicyclic) bond motifs is 3. The monoisotopic (exact) mass is 452 g/mol. The second-order valence-electron chi connectivity index (χ2n) is 8.31. The number of nitrogens with two attached hydrogens (primary N) is 1. The second kappa shape index (κ2) is 8.07. The molecule has 1 amide bonds. The summed E-state index contributed by atoms with van der Waals surface area (Å²) in [7, 11) is 3.93. The van der Waals surface area contributed by atoms with Crippen molar-refractivity contribution in [2.45, 2.75) is 12.8 Å². The minimum Gasteiger partial charge on any atom is -0.368 e. The third kappa shape index (κ3) is 3.67. The first kappa shape index (κ1) is 20.7. The van der Waals surface area contributed by atoms with Crippen LogP contribution in [0.5, 0.6) is 0 Å². The normalized spacial score (nSPS) is 15.9. The number of piperazine rings is 1. The first-order chi connectivity index (χ1) is 15.4. The molecule has 0 saturated carbocycles. The predicted octanol–water partition coefficient (Wildman–Crippen LogP) is 2.22. The summed E-state index contributed by atoms with van der Waals surface area (Å²) in [4.78, 5) is 25.6. The number of benzene rings is 1. The number of carbonyl (C=O) groups excluding carboxylic acids is 1. The number of primary amides is 1. The number of aryl methyl sites for hydroxylation is 2. The Labute approximate surface area is 191 Å². The molecule has 0 spiro atoms. The van der Waals surface area contributed by atoms with Crippen LogP contribution in [0.3, 0.4) is 0 Å². The molecule has 0 unspecified atom stereocenters. The fourth-order valence-corrected chi connectivity index (χ4v) is 4.73. The SMILES string of the molecule is CN1CCN(c2ccc(Nc3ncc4c(n3)-c3c(c(C(N)=O)nn3C)CC4)cc2Cl)CC1. The number of hydrogen-bond donors (Lipinski definition) is 2. The number of nitrogens with zero attached hydrogens (tertiary/aromatic N) is 6. The van der Waals surface area contributed by atoms with E-state index in [2.05, 4.69) is 32.2 Å². The number of amides is 1. The molecule has 10 heteroatoms. The minimum atomic E-state index is -0.521. The lowest BCUT2D eigenvalue weighted by Gasteiger charge is -2.34. The highest BCUT2D eigenvalue weighted by atomic mass is 35.5. The van der Waals surface area contributed by atoms with E-state index in [0.29, 0.717) is 23.1 Å². The Hall–Kier alpha value is -3.17. The van der Waals surface area contributed by atoms with Crippen molar-refractivity contribution in [2.75, 3.05) is 43.4 Å². The fourth-order valence-electron chi connectivity index (χ4n) is 4.43. The number of nitrogens with one attached hydrogen (secondary N) is 1. The van der Waals surface area contributed by atoms with Gasteiger partial charge in [0.1, 0.15) is 0 Å². The van der Waals surface area contributed by atoms with Crippen LogP contribution >= 0.6 is 11.6 Å². The van der Waals surface area contributed by atoms with Crippen molar-refractivity contribution < 1.29 is 4.79 Å². The van der Waals surface area contributed by atoms with E-state index in [1.165, 1.54) is 0 Å². The van der Waals surface area contributed by atoms with Gasteiger partial charge in [-0.05, 0) is 43.7 Å². The van der Waals surface area contributed by atoms with Crippen molar-refractivity contribution >= 4 is 34.8 Å². The predicted molar refractivity (Wildman–Crippen MR) is 125 cm³/mol. The van der Waals surface area contributed by atoms with Gasteiger partial charge in [-0.1, -0.05) is 11.6 Å². The minimum absolute atomic E-state index is 0.313. The molecule has 1 aliphatic carbocycles. The maximum atomic E-state index is 11.8. The molecule has 1 aromatic carbocycles. The van der Waals surface area contributed by atoms with Crippen LogP contribution in [0.4, 0.5) is 17.3 Å². The lowest BCUT2D eigenvalue weighted by molar-refractivity contribution is 0.0994. The lowest BCUT2D eigenvalue weighted by atomic mass is 9.93. The molecule has 1 fully saturated rings. The van der Waals surface area contributed by atoms with Crippen molar-refractivity contribution in [3.8, 4) is 11.4 Å². The molecule has 1 saturated heterocycles. The zero-order valence-electron chi connectivity index (χ0n) is 18.1. The van der Waals surface area contributed by atoms with Gasteiger partial charge in [-0.2, -0.15) is 5.10 Å². The summed E-state index contributed by atoms with van der Waals surface area (Å²) >= 11 is 6.61. The summed E-state index contributed by atoms with van der Waals surface area (Å²) in [5.74, 6) is -0.0605. The van der Waals surface area contributed by atoms with Crippen molar-refractivity contribution in [1.29, 1.82) is 0 Å². The van der Waals surface area contributed by atoms with E-state index in [0.717, 1.165) is 66.5 Å². The summed E-state index contributed by atoms with van der Waals surface area (Å²) in [6, 6.07) is 5.93. The lowest BCUT2D eigenvalue weighted by Crippen LogP contribution is -2.44. The molecule has 166 valence electrons. The van der Waals surface area contributed by atoms with Gasteiger partial charge >= 0.3 is 0 Å². The highest BCUT2D eigenvalue weighted by Crippen LogP contribution is 2.35. The topological polar surface area (TPSA) is 105 Å². The van der Waals surface area contributed by atoms with E-state index in [-0.39, 0.29) is 0 Å². The third-order valence-electron chi connectivity index (χ3n) is 6.16. The molecule has 3 aromatic rings. The van der Waals surface area contributed by atoms with Gasteiger partial charge in [0.05, 0.1) is 22.1 Å². The maximum absolute atomic E-state index is 11.8. The van der Waals surface area contributed by atoms with Gasteiger partial charge in [-0.15, -0.1) is 0 Å². The highest BCUT2D eigenvalue weighted by molar-refractivity contribution is 6.33. The number of aromatic nitrogens is 4.